The van der Waals surface area contributed by atoms with E-state index in [0.717, 1.165) is 25.9 Å². The molecule has 1 fully saturated rings. The minimum atomic E-state index is -0.421. The summed E-state index contributed by atoms with van der Waals surface area (Å²) in [6.07, 6.45) is 6.78. The monoisotopic (exact) mass is 361 g/mol. The number of carbonyl (C=O) groups is 1. The summed E-state index contributed by atoms with van der Waals surface area (Å²) in [4.78, 5) is 23.0. The van der Waals surface area contributed by atoms with Crippen molar-refractivity contribution in [1.29, 1.82) is 0 Å². The van der Waals surface area contributed by atoms with E-state index in [1.165, 1.54) is 13.5 Å². The molecule has 2 N–H and O–H groups in total. The summed E-state index contributed by atoms with van der Waals surface area (Å²) in [7, 11) is 1.53. The predicted molar refractivity (Wildman–Crippen MR) is 98.7 cm³/mol. The number of hydrogen-bond acceptors (Lipinski definition) is 5. The predicted octanol–water partition coefficient (Wildman–Crippen LogP) is 3.77. The van der Waals surface area contributed by atoms with Crippen LogP contribution in [-0.4, -0.2) is 36.2 Å². The first-order valence-electron chi connectivity index (χ1n) is 8.14. The summed E-state index contributed by atoms with van der Waals surface area (Å²) < 4.78 is 5.20. The van der Waals surface area contributed by atoms with Crippen molar-refractivity contribution in [3.8, 4) is 5.75 Å². The van der Waals surface area contributed by atoms with Crippen LogP contribution in [0.5, 0.6) is 5.75 Å². The van der Waals surface area contributed by atoms with Crippen LogP contribution in [-0.2, 0) is 0 Å². The Hall–Kier alpha value is -2.54. The molecule has 1 aliphatic heterocycles. The van der Waals surface area contributed by atoms with Gasteiger partial charge in [0, 0.05) is 18.1 Å². The number of halogens is 1. The van der Waals surface area contributed by atoms with E-state index in [2.05, 4.69) is 25.5 Å². The minimum Gasteiger partial charge on any atom is -0.495 e. The Kier molecular flexibility index (Phi) is 5.55. The Morgan fingerprint density at radius 3 is 2.56 bits per heavy atom. The Balaban J connectivity index is 1.62. The number of nitrogens with one attached hydrogen (secondary N) is 2. The molecule has 1 aromatic carbocycles. The van der Waals surface area contributed by atoms with Gasteiger partial charge >= 0.3 is 6.03 Å². The molecule has 1 aliphatic rings. The Morgan fingerprint density at radius 2 is 1.88 bits per heavy atom. The van der Waals surface area contributed by atoms with Gasteiger partial charge in [0.05, 0.1) is 30.9 Å². The molecular weight excluding hydrogens is 342 g/mol. The lowest BCUT2D eigenvalue weighted by atomic mass is 10.1. The third kappa shape index (κ3) is 4.51. The summed E-state index contributed by atoms with van der Waals surface area (Å²) >= 11 is 5.96. The molecule has 0 spiro atoms. The van der Waals surface area contributed by atoms with Gasteiger partial charge in [-0.3, -0.25) is 0 Å². The molecule has 8 heteroatoms. The number of amides is 2. The number of piperidine rings is 1. The summed E-state index contributed by atoms with van der Waals surface area (Å²) in [5, 5.41) is 5.91. The number of benzene rings is 1. The van der Waals surface area contributed by atoms with Gasteiger partial charge in [-0.25, -0.2) is 14.8 Å². The number of hydrogen-bond donors (Lipinski definition) is 2. The van der Waals surface area contributed by atoms with Crippen LogP contribution in [0.3, 0.4) is 0 Å². The number of aromatic nitrogens is 2. The van der Waals surface area contributed by atoms with Crippen LogP contribution in [0.1, 0.15) is 19.3 Å². The summed E-state index contributed by atoms with van der Waals surface area (Å²) in [6, 6.07) is 4.58. The van der Waals surface area contributed by atoms with Crippen LogP contribution in [0.15, 0.2) is 30.6 Å². The highest BCUT2D eigenvalue weighted by Gasteiger charge is 2.14. The van der Waals surface area contributed by atoms with Gasteiger partial charge in [0.1, 0.15) is 5.75 Å². The van der Waals surface area contributed by atoms with Crippen molar-refractivity contribution >= 4 is 35.0 Å². The van der Waals surface area contributed by atoms with E-state index in [0.29, 0.717) is 28.1 Å². The average molecular weight is 362 g/mol. The molecule has 2 heterocycles. The smallest absolute Gasteiger partial charge is 0.323 e. The van der Waals surface area contributed by atoms with Crippen LogP contribution in [0.4, 0.5) is 22.1 Å². The highest BCUT2D eigenvalue weighted by molar-refractivity contribution is 6.31. The third-order valence-electron chi connectivity index (χ3n) is 3.94. The van der Waals surface area contributed by atoms with Gasteiger partial charge in [-0.05, 0) is 37.5 Å². The maximum atomic E-state index is 12.2. The first kappa shape index (κ1) is 17.3. The Morgan fingerprint density at radius 1 is 1.16 bits per heavy atom. The second-order valence-electron chi connectivity index (χ2n) is 5.74. The molecule has 3 rings (SSSR count). The van der Waals surface area contributed by atoms with E-state index >= 15 is 0 Å². The fourth-order valence-electron chi connectivity index (χ4n) is 2.71. The molecule has 132 valence electrons. The summed E-state index contributed by atoms with van der Waals surface area (Å²) in [5.74, 6) is 1.22. The van der Waals surface area contributed by atoms with E-state index in [1.807, 2.05) is 0 Å². The molecule has 2 amide bonds. The number of anilines is 3. The van der Waals surface area contributed by atoms with Crippen molar-refractivity contribution in [3.05, 3.63) is 35.6 Å². The molecule has 0 bridgehead atoms. The molecule has 1 saturated heterocycles. The largest absolute Gasteiger partial charge is 0.495 e. The molecule has 0 radical (unpaired) electrons. The van der Waals surface area contributed by atoms with Crippen molar-refractivity contribution in [3.63, 3.8) is 0 Å². The molecule has 0 atom stereocenters. The van der Waals surface area contributed by atoms with E-state index in [1.54, 1.807) is 30.6 Å². The van der Waals surface area contributed by atoms with E-state index in [-0.39, 0.29) is 0 Å². The zero-order chi connectivity index (χ0) is 17.6. The Labute approximate surface area is 151 Å². The summed E-state index contributed by atoms with van der Waals surface area (Å²) in [5.41, 5.74) is 0.998. The molecule has 0 saturated carbocycles. The lowest BCUT2D eigenvalue weighted by Crippen LogP contribution is -2.31. The molecule has 7 nitrogen and oxygen atoms in total. The lowest BCUT2D eigenvalue weighted by molar-refractivity contribution is 0.262. The highest BCUT2D eigenvalue weighted by Crippen LogP contribution is 2.27. The lowest BCUT2D eigenvalue weighted by Gasteiger charge is -2.26. The number of urea groups is 1. The van der Waals surface area contributed by atoms with Crippen molar-refractivity contribution < 1.29 is 9.53 Å². The fraction of sp³-hybridized carbons (Fsp3) is 0.353. The number of carbonyl (C=O) groups excluding carboxylic acids is 1. The van der Waals surface area contributed by atoms with Gasteiger partial charge in [0.25, 0.3) is 0 Å². The third-order valence-corrected chi connectivity index (χ3v) is 4.18. The second-order valence-corrected chi connectivity index (χ2v) is 6.18. The molecule has 0 aliphatic carbocycles. The number of rotatable bonds is 4. The van der Waals surface area contributed by atoms with Crippen LogP contribution < -0.4 is 20.3 Å². The van der Waals surface area contributed by atoms with Crippen molar-refractivity contribution in [2.75, 3.05) is 35.7 Å². The average Bonchev–Trinajstić information content (AvgIpc) is 2.63. The van der Waals surface area contributed by atoms with Crippen molar-refractivity contribution in [2.24, 2.45) is 0 Å². The maximum absolute atomic E-state index is 12.2. The maximum Gasteiger partial charge on any atom is 0.323 e. The topological polar surface area (TPSA) is 79.4 Å². The number of nitrogens with zero attached hydrogens (tertiary/aromatic N) is 3. The standard InChI is InChI=1S/C17H20ClN5O2/c1-25-15-6-5-12(18)9-14(15)22-17(24)21-13-10-19-16(20-11-13)23-7-3-2-4-8-23/h5-6,9-11H,2-4,7-8H2,1H3,(H2,21,22,24). The number of methoxy groups -OCH3 is 1. The van der Waals surface area contributed by atoms with E-state index < -0.39 is 6.03 Å². The molecular formula is C17H20ClN5O2. The van der Waals surface area contributed by atoms with Crippen molar-refractivity contribution in [1.82, 2.24) is 9.97 Å². The van der Waals surface area contributed by atoms with Gasteiger partial charge < -0.3 is 20.3 Å². The fourth-order valence-corrected chi connectivity index (χ4v) is 2.88. The first-order chi connectivity index (χ1) is 12.2. The van der Waals surface area contributed by atoms with E-state index in [9.17, 15) is 4.79 Å². The second kappa shape index (κ2) is 8.02. The molecule has 2 aromatic rings. The Bertz CT molecular complexity index is 732. The first-order valence-corrected chi connectivity index (χ1v) is 8.52. The van der Waals surface area contributed by atoms with Crippen LogP contribution >= 0.6 is 11.6 Å². The van der Waals surface area contributed by atoms with Crippen LogP contribution in [0, 0.1) is 0 Å². The van der Waals surface area contributed by atoms with Gasteiger partial charge in [-0.15, -0.1) is 0 Å². The highest BCUT2D eigenvalue weighted by atomic mass is 35.5. The zero-order valence-corrected chi connectivity index (χ0v) is 14.7. The normalized spacial score (nSPS) is 14.1. The van der Waals surface area contributed by atoms with Gasteiger partial charge in [0.2, 0.25) is 5.95 Å². The van der Waals surface area contributed by atoms with Crippen LogP contribution in [0.2, 0.25) is 5.02 Å². The molecule has 0 unspecified atom stereocenters. The molecule has 25 heavy (non-hydrogen) atoms. The van der Waals surface area contributed by atoms with Crippen molar-refractivity contribution in [2.45, 2.75) is 19.3 Å². The SMILES string of the molecule is COc1ccc(Cl)cc1NC(=O)Nc1cnc(N2CCCCC2)nc1. The zero-order valence-electron chi connectivity index (χ0n) is 14.0. The van der Waals surface area contributed by atoms with Gasteiger partial charge in [0.15, 0.2) is 0 Å². The quantitative estimate of drug-likeness (QED) is 0.866. The summed E-state index contributed by atoms with van der Waals surface area (Å²) in [6.45, 7) is 1.95. The number of ether oxygens (including phenoxy) is 1. The van der Waals surface area contributed by atoms with Gasteiger partial charge in [-0.2, -0.15) is 0 Å². The van der Waals surface area contributed by atoms with Crippen LogP contribution in [0.25, 0.3) is 0 Å². The molecule has 1 aromatic heterocycles. The van der Waals surface area contributed by atoms with Gasteiger partial charge in [-0.1, -0.05) is 11.6 Å². The van der Waals surface area contributed by atoms with E-state index in [4.69, 9.17) is 16.3 Å². The minimum absolute atomic E-state index is 0.421.